The van der Waals surface area contributed by atoms with Crippen LogP contribution in [0.2, 0.25) is 5.02 Å². The minimum Gasteiger partial charge on any atom is -0.506 e. The van der Waals surface area contributed by atoms with E-state index in [-0.39, 0.29) is 17.8 Å². The predicted octanol–water partition coefficient (Wildman–Crippen LogP) is 5.72. The average Bonchev–Trinajstić information content (AvgIpc) is 3.40. The average molecular weight is 461 g/mol. The summed E-state index contributed by atoms with van der Waals surface area (Å²) in [5.74, 6) is 0.110. The van der Waals surface area contributed by atoms with Gasteiger partial charge in [-0.25, -0.2) is 0 Å². The van der Waals surface area contributed by atoms with Crippen LogP contribution in [0.3, 0.4) is 0 Å². The molecule has 2 aromatic carbocycles. The SMILES string of the molecule is Cc1cccc(-n2cccc2C2C(c3ccccn3)NC(=S)N2c2cc(Cl)ccc2O)c1. The van der Waals surface area contributed by atoms with E-state index in [0.29, 0.717) is 15.8 Å². The minimum absolute atomic E-state index is 0.110. The lowest BCUT2D eigenvalue weighted by Gasteiger charge is -2.29. The fourth-order valence-corrected chi connectivity index (χ4v) is 4.76. The number of nitrogens with one attached hydrogen (secondary N) is 1. The van der Waals surface area contributed by atoms with E-state index in [4.69, 9.17) is 23.8 Å². The lowest BCUT2D eigenvalue weighted by atomic mass is 10.0. The Kier molecular flexibility index (Phi) is 5.33. The van der Waals surface area contributed by atoms with Gasteiger partial charge in [0.15, 0.2) is 5.11 Å². The van der Waals surface area contributed by atoms with Crippen LogP contribution in [0.15, 0.2) is 85.2 Å². The van der Waals surface area contributed by atoms with E-state index in [9.17, 15) is 5.11 Å². The van der Waals surface area contributed by atoms with Gasteiger partial charge in [0.1, 0.15) is 11.8 Å². The van der Waals surface area contributed by atoms with E-state index < -0.39 is 0 Å². The van der Waals surface area contributed by atoms with E-state index in [1.54, 1.807) is 24.4 Å². The third-order valence-corrected chi connectivity index (χ3v) is 6.21. The van der Waals surface area contributed by atoms with E-state index >= 15 is 0 Å². The third kappa shape index (κ3) is 3.61. The highest BCUT2D eigenvalue weighted by atomic mass is 35.5. The molecule has 160 valence electrons. The number of phenols is 1. The van der Waals surface area contributed by atoms with Crippen molar-refractivity contribution in [2.75, 3.05) is 4.90 Å². The zero-order chi connectivity index (χ0) is 22.2. The van der Waals surface area contributed by atoms with Crippen LogP contribution in [0.5, 0.6) is 5.75 Å². The molecule has 2 unspecified atom stereocenters. The van der Waals surface area contributed by atoms with Gasteiger partial charge in [-0.05, 0) is 79.3 Å². The standard InChI is InChI=1S/C25H21ClN4OS/c1-16-6-4-7-18(14-16)29-13-5-9-20(29)24-23(19-8-2-3-12-27-19)28-25(32)30(24)21-15-17(26)10-11-22(21)31/h2-15,23-24,31H,1H3,(H,28,32). The van der Waals surface area contributed by atoms with Crippen molar-refractivity contribution in [2.45, 2.75) is 19.0 Å². The van der Waals surface area contributed by atoms with Crippen molar-refractivity contribution in [3.8, 4) is 11.4 Å². The molecule has 0 aliphatic carbocycles. The van der Waals surface area contributed by atoms with Gasteiger partial charge in [0, 0.05) is 28.8 Å². The van der Waals surface area contributed by atoms with E-state index in [1.165, 1.54) is 5.56 Å². The van der Waals surface area contributed by atoms with Crippen LogP contribution in [0.1, 0.15) is 29.0 Å². The minimum atomic E-state index is -0.266. The first-order valence-electron chi connectivity index (χ1n) is 10.3. The smallest absolute Gasteiger partial charge is 0.174 e. The van der Waals surface area contributed by atoms with Crippen LogP contribution in [0.4, 0.5) is 5.69 Å². The Balaban J connectivity index is 1.70. The molecule has 2 N–H and O–H groups in total. The molecule has 0 bridgehead atoms. The van der Waals surface area contributed by atoms with E-state index in [2.05, 4.69) is 46.1 Å². The Labute approximate surface area is 196 Å². The summed E-state index contributed by atoms with van der Waals surface area (Å²) in [4.78, 5) is 6.52. The highest BCUT2D eigenvalue weighted by Crippen LogP contribution is 2.45. The number of rotatable bonds is 4. The summed E-state index contributed by atoms with van der Waals surface area (Å²) < 4.78 is 2.15. The molecule has 2 aromatic heterocycles. The number of anilines is 1. The summed E-state index contributed by atoms with van der Waals surface area (Å²) in [6.07, 6.45) is 3.81. The summed E-state index contributed by atoms with van der Waals surface area (Å²) in [7, 11) is 0. The number of hydrogen-bond donors (Lipinski definition) is 2. The summed E-state index contributed by atoms with van der Waals surface area (Å²) in [5, 5.41) is 15.1. The summed E-state index contributed by atoms with van der Waals surface area (Å²) in [6, 6.07) is 22.8. The fraction of sp³-hybridized carbons (Fsp3) is 0.120. The molecule has 3 heterocycles. The number of halogens is 1. The number of phenolic OH excluding ortho intramolecular Hbond substituents is 1. The van der Waals surface area contributed by atoms with Gasteiger partial charge in [-0.15, -0.1) is 0 Å². The van der Waals surface area contributed by atoms with E-state index in [0.717, 1.165) is 17.1 Å². The first kappa shape index (κ1) is 20.5. The molecule has 0 spiro atoms. The highest BCUT2D eigenvalue weighted by Gasteiger charge is 2.43. The van der Waals surface area contributed by atoms with Crippen molar-refractivity contribution < 1.29 is 5.11 Å². The molecule has 1 fully saturated rings. The quantitative estimate of drug-likeness (QED) is 0.381. The van der Waals surface area contributed by atoms with Gasteiger partial charge >= 0.3 is 0 Å². The number of nitrogens with zero attached hydrogens (tertiary/aromatic N) is 3. The fourth-order valence-electron chi connectivity index (χ4n) is 4.25. The first-order valence-corrected chi connectivity index (χ1v) is 11.0. The maximum atomic E-state index is 10.7. The second-order valence-corrected chi connectivity index (χ2v) is 8.59. The number of hydrogen-bond acceptors (Lipinski definition) is 3. The Morgan fingerprint density at radius 3 is 2.69 bits per heavy atom. The summed E-state index contributed by atoms with van der Waals surface area (Å²) in [5.41, 5.74) is 4.65. The molecule has 1 aliphatic heterocycles. The predicted molar refractivity (Wildman–Crippen MR) is 132 cm³/mol. The number of aromatic nitrogens is 2. The zero-order valence-corrected chi connectivity index (χ0v) is 18.9. The number of benzene rings is 2. The van der Waals surface area contributed by atoms with Crippen molar-refractivity contribution >= 4 is 34.6 Å². The Morgan fingerprint density at radius 2 is 1.91 bits per heavy atom. The molecule has 5 rings (SSSR count). The van der Waals surface area contributed by atoms with Gasteiger partial charge in [-0.3, -0.25) is 4.98 Å². The summed E-state index contributed by atoms with van der Waals surface area (Å²) in [6.45, 7) is 2.08. The van der Waals surface area contributed by atoms with Crippen LogP contribution >= 0.6 is 23.8 Å². The Hall–Kier alpha value is -3.35. The lowest BCUT2D eigenvalue weighted by molar-refractivity contribution is 0.472. The van der Waals surface area contributed by atoms with Crippen LogP contribution in [-0.4, -0.2) is 19.8 Å². The molecule has 1 saturated heterocycles. The molecule has 1 aliphatic rings. The molecular formula is C25H21ClN4OS. The van der Waals surface area contributed by atoms with Gasteiger partial charge in [0.25, 0.3) is 0 Å². The Morgan fingerprint density at radius 1 is 1.03 bits per heavy atom. The van der Waals surface area contributed by atoms with Crippen molar-refractivity contribution in [2.24, 2.45) is 0 Å². The molecular weight excluding hydrogens is 440 g/mol. The maximum Gasteiger partial charge on any atom is 0.174 e. The van der Waals surface area contributed by atoms with Crippen LogP contribution in [0.25, 0.3) is 5.69 Å². The normalized spacial score (nSPS) is 18.1. The number of pyridine rings is 1. The number of aromatic hydroxyl groups is 1. The van der Waals surface area contributed by atoms with Crippen LogP contribution in [0, 0.1) is 6.92 Å². The van der Waals surface area contributed by atoms with Crippen molar-refractivity contribution in [3.63, 3.8) is 0 Å². The highest BCUT2D eigenvalue weighted by molar-refractivity contribution is 7.80. The van der Waals surface area contributed by atoms with Gasteiger partial charge in [-0.1, -0.05) is 29.8 Å². The Bertz CT molecular complexity index is 1290. The zero-order valence-electron chi connectivity index (χ0n) is 17.3. The maximum absolute atomic E-state index is 10.7. The number of thiocarbonyl (C=S) groups is 1. The second-order valence-electron chi connectivity index (χ2n) is 7.77. The van der Waals surface area contributed by atoms with Crippen molar-refractivity contribution in [3.05, 3.63) is 107 Å². The topological polar surface area (TPSA) is 53.3 Å². The molecule has 0 radical (unpaired) electrons. The monoisotopic (exact) mass is 460 g/mol. The van der Waals surface area contributed by atoms with Gasteiger partial charge in [0.2, 0.25) is 0 Å². The largest absolute Gasteiger partial charge is 0.506 e. The first-order chi connectivity index (χ1) is 15.5. The third-order valence-electron chi connectivity index (χ3n) is 5.66. The van der Waals surface area contributed by atoms with E-state index in [1.807, 2.05) is 41.4 Å². The molecule has 7 heteroatoms. The van der Waals surface area contributed by atoms with Crippen LogP contribution in [-0.2, 0) is 0 Å². The summed E-state index contributed by atoms with van der Waals surface area (Å²) >= 11 is 12.1. The molecule has 2 atom stereocenters. The second kappa shape index (κ2) is 8.30. The van der Waals surface area contributed by atoms with Gasteiger partial charge < -0.3 is 19.9 Å². The lowest BCUT2D eigenvalue weighted by Crippen LogP contribution is -2.30. The molecule has 0 saturated carbocycles. The van der Waals surface area contributed by atoms with Crippen molar-refractivity contribution in [1.82, 2.24) is 14.9 Å². The molecule has 0 amide bonds. The molecule has 4 aromatic rings. The van der Waals surface area contributed by atoms with Gasteiger partial charge in [0.05, 0.1) is 17.4 Å². The number of aryl methyl sites for hydroxylation is 1. The van der Waals surface area contributed by atoms with Crippen LogP contribution < -0.4 is 10.2 Å². The molecule has 5 nitrogen and oxygen atoms in total. The van der Waals surface area contributed by atoms with Crippen molar-refractivity contribution in [1.29, 1.82) is 0 Å². The molecule has 32 heavy (non-hydrogen) atoms. The van der Waals surface area contributed by atoms with Gasteiger partial charge in [-0.2, -0.15) is 0 Å².